The number of aromatic nitrogens is 3. The Balaban J connectivity index is 1.33. The molecule has 5 rings (SSSR count). The van der Waals surface area contributed by atoms with Crippen molar-refractivity contribution in [3.8, 4) is 0 Å². The van der Waals surface area contributed by atoms with Crippen LogP contribution in [-0.4, -0.2) is 51.9 Å². The summed E-state index contributed by atoms with van der Waals surface area (Å²) < 4.78 is 45.7. The number of benzene rings is 2. The molecule has 3 unspecified atom stereocenters. The number of nitrogens with one attached hydrogen (secondary N) is 4. The Hall–Kier alpha value is -3.98. The molecular formula is C25H25ClF3N9O2. The van der Waals surface area contributed by atoms with Crippen LogP contribution in [0.15, 0.2) is 55.4 Å². The minimum absolute atomic E-state index is 0.0589. The zero-order chi connectivity index (χ0) is 28.4. The Morgan fingerprint density at radius 3 is 2.67 bits per heavy atom. The molecule has 210 valence electrons. The molecule has 3 atom stereocenters. The number of alkyl halides is 3. The number of carbonyl (C=O) groups excluding carboxylic acids is 1. The molecule has 11 nitrogen and oxygen atoms in total. The van der Waals surface area contributed by atoms with Crippen molar-refractivity contribution in [2.45, 2.75) is 25.4 Å². The molecule has 0 spiro atoms. The quantitative estimate of drug-likeness (QED) is 0.296. The first-order chi connectivity index (χ1) is 19.1. The average Bonchev–Trinajstić information content (AvgIpc) is 2.98. The zero-order valence-corrected chi connectivity index (χ0v) is 21.9. The van der Waals surface area contributed by atoms with E-state index in [2.05, 4.69) is 42.9 Å². The van der Waals surface area contributed by atoms with Crippen molar-refractivity contribution in [2.75, 3.05) is 40.8 Å². The number of hydrogen-bond acceptors (Lipinski definition) is 9. The lowest BCUT2D eigenvalue weighted by Crippen LogP contribution is -2.57. The maximum atomic E-state index is 13.2. The molecule has 0 saturated carbocycles. The van der Waals surface area contributed by atoms with Gasteiger partial charge in [0, 0.05) is 17.9 Å². The Morgan fingerprint density at radius 1 is 1.18 bits per heavy atom. The molecule has 2 amide bonds. The second-order valence-electron chi connectivity index (χ2n) is 9.05. The summed E-state index contributed by atoms with van der Waals surface area (Å²) in [6.07, 6.45) is -2.20. The maximum absolute atomic E-state index is 13.2. The zero-order valence-electron chi connectivity index (χ0n) is 21.2. The number of hydrogen-bond donors (Lipinski definition) is 4. The molecule has 0 aliphatic carbocycles. The lowest BCUT2D eigenvalue weighted by molar-refractivity contribution is -0.137. The molecule has 40 heavy (non-hydrogen) atoms. The summed E-state index contributed by atoms with van der Waals surface area (Å²) in [5.74, 6) is 0.864. The summed E-state index contributed by atoms with van der Waals surface area (Å²) in [5, 5.41) is 11.5. The molecule has 2 aromatic carbocycles. The van der Waals surface area contributed by atoms with Crippen LogP contribution >= 0.6 is 11.6 Å². The Labute approximate surface area is 232 Å². The van der Waals surface area contributed by atoms with Crippen LogP contribution in [0, 0.1) is 6.92 Å². The van der Waals surface area contributed by atoms with Crippen molar-refractivity contribution in [1.82, 2.24) is 25.3 Å². The fourth-order valence-electron chi connectivity index (χ4n) is 4.23. The lowest BCUT2D eigenvalue weighted by atomic mass is 10.2. The second kappa shape index (κ2) is 11.3. The van der Waals surface area contributed by atoms with E-state index in [4.69, 9.17) is 16.3 Å². The van der Waals surface area contributed by atoms with E-state index in [1.807, 2.05) is 11.9 Å². The first-order valence-electron chi connectivity index (χ1n) is 12.2. The van der Waals surface area contributed by atoms with Crippen LogP contribution in [0.3, 0.4) is 0 Å². The van der Waals surface area contributed by atoms with Gasteiger partial charge in [-0.25, -0.2) is 9.78 Å². The normalized spacial score (nSPS) is 19.9. The van der Waals surface area contributed by atoms with Gasteiger partial charge in [0.2, 0.25) is 0 Å². The predicted octanol–water partition coefficient (Wildman–Crippen LogP) is 4.73. The number of nitrogens with zero attached hydrogens (tertiary/aromatic N) is 5. The summed E-state index contributed by atoms with van der Waals surface area (Å²) in [7, 11) is 0. The van der Waals surface area contributed by atoms with Crippen molar-refractivity contribution in [3.63, 3.8) is 0 Å². The van der Waals surface area contributed by atoms with Gasteiger partial charge in [0.05, 0.1) is 29.4 Å². The van der Waals surface area contributed by atoms with E-state index < -0.39 is 22.8 Å². The van der Waals surface area contributed by atoms with Gasteiger partial charge < -0.3 is 15.4 Å². The van der Waals surface area contributed by atoms with Gasteiger partial charge in [-0.3, -0.25) is 10.7 Å². The van der Waals surface area contributed by atoms with Gasteiger partial charge in [0.25, 0.3) is 5.95 Å². The average molecular weight is 576 g/mol. The number of ether oxygens (including phenoxy) is 1. The molecule has 2 aliphatic heterocycles. The number of aryl methyl sites for hydroxylation is 1. The molecule has 4 bridgehead atoms. The van der Waals surface area contributed by atoms with Gasteiger partial charge in [0.1, 0.15) is 18.7 Å². The SMILES string of the molecule is C=CCNC1CN2CC(O1)c1ncnc(n1)N2Nc1cc(NC(=O)Nc2ccc(Cl)c(C(F)(F)F)c2)ccc1C. The van der Waals surface area contributed by atoms with Gasteiger partial charge in [-0.15, -0.1) is 6.58 Å². The molecule has 0 radical (unpaired) electrons. The largest absolute Gasteiger partial charge is 0.417 e. The number of urea groups is 1. The van der Waals surface area contributed by atoms with Crippen molar-refractivity contribution in [2.24, 2.45) is 0 Å². The van der Waals surface area contributed by atoms with Gasteiger partial charge in [-0.1, -0.05) is 23.7 Å². The van der Waals surface area contributed by atoms with Gasteiger partial charge >= 0.3 is 12.2 Å². The number of anilines is 4. The van der Waals surface area contributed by atoms with Crippen LogP contribution in [0.25, 0.3) is 0 Å². The molecule has 15 heteroatoms. The van der Waals surface area contributed by atoms with Crippen LogP contribution in [0.4, 0.5) is 41.0 Å². The fourth-order valence-corrected chi connectivity index (χ4v) is 4.45. The highest BCUT2D eigenvalue weighted by Gasteiger charge is 2.38. The summed E-state index contributed by atoms with van der Waals surface area (Å²) >= 11 is 5.66. The molecule has 2 aliphatic rings. The second-order valence-corrected chi connectivity index (χ2v) is 9.46. The van der Waals surface area contributed by atoms with E-state index in [9.17, 15) is 18.0 Å². The number of rotatable bonds is 7. The fraction of sp³-hybridized carbons (Fsp3) is 0.280. The third-order valence-electron chi connectivity index (χ3n) is 6.16. The number of halogens is 4. The van der Waals surface area contributed by atoms with E-state index in [0.29, 0.717) is 42.8 Å². The van der Waals surface area contributed by atoms with E-state index in [1.165, 1.54) is 12.4 Å². The molecule has 3 aromatic rings. The van der Waals surface area contributed by atoms with Gasteiger partial charge in [0.15, 0.2) is 5.82 Å². The maximum Gasteiger partial charge on any atom is 0.417 e. The molecule has 1 aromatic heterocycles. The van der Waals surface area contributed by atoms with E-state index >= 15 is 0 Å². The Morgan fingerprint density at radius 2 is 1.93 bits per heavy atom. The summed E-state index contributed by atoms with van der Waals surface area (Å²) in [5.41, 5.74) is 4.09. The minimum atomic E-state index is -4.66. The van der Waals surface area contributed by atoms with Crippen LogP contribution in [0.5, 0.6) is 0 Å². The van der Waals surface area contributed by atoms with Crippen molar-refractivity contribution < 1.29 is 22.7 Å². The number of fused-ring (bicyclic) bond motifs is 5. The number of morpholine rings is 1. The van der Waals surface area contributed by atoms with Gasteiger partial charge in [-0.2, -0.15) is 33.3 Å². The first-order valence-corrected chi connectivity index (χ1v) is 12.5. The Bertz CT molecular complexity index is 1420. The standard InChI is InChI=1S/C25H25ClF3N9O2/c1-3-8-30-21-12-37-11-20(40-21)22-31-13-32-23(35-22)38(37)36-19-10-16(5-4-14(19)2)34-24(39)33-15-6-7-18(26)17(9-15)25(27,28)29/h3-7,9-10,13,20-21,30,36H,1,8,11-12H2,2H3,(H2,33,34,39). The van der Waals surface area contributed by atoms with Crippen LogP contribution < -0.4 is 26.5 Å². The highest BCUT2D eigenvalue weighted by molar-refractivity contribution is 6.31. The van der Waals surface area contributed by atoms with Crippen LogP contribution in [-0.2, 0) is 10.9 Å². The molecular weight excluding hydrogens is 551 g/mol. The third-order valence-corrected chi connectivity index (χ3v) is 6.49. The van der Waals surface area contributed by atoms with Gasteiger partial charge in [-0.05, 0) is 42.8 Å². The van der Waals surface area contributed by atoms with E-state index in [0.717, 1.165) is 17.7 Å². The smallest absolute Gasteiger partial charge is 0.349 e. The topological polar surface area (TPSA) is 120 Å². The van der Waals surface area contributed by atoms with E-state index in [1.54, 1.807) is 29.4 Å². The summed E-state index contributed by atoms with van der Waals surface area (Å²) in [4.78, 5) is 25.7. The third kappa shape index (κ3) is 6.09. The number of carbonyl (C=O) groups is 1. The summed E-state index contributed by atoms with van der Waals surface area (Å²) in [6, 6.07) is 7.57. The van der Waals surface area contributed by atoms with Crippen molar-refractivity contribution in [1.29, 1.82) is 0 Å². The van der Waals surface area contributed by atoms with Crippen molar-refractivity contribution in [3.05, 3.63) is 77.4 Å². The molecule has 1 saturated heterocycles. The van der Waals surface area contributed by atoms with Crippen LogP contribution in [0.1, 0.15) is 23.1 Å². The highest BCUT2D eigenvalue weighted by Crippen LogP contribution is 2.36. The first kappa shape index (κ1) is 27.6. The van der Waals surface area contributed by atoms with E-state index in [-0.39, 0.29) is 18.0 Å². The highest BCUT2D eigenvalue weighted by atomic mass is 35.5. The predicted molar refractivity (Wildman–Crippen MR) is 144 cm³/mol. The monoisotopic (exact) mass is 575 g/mol. The molecule has 1 fully saturated rings. The Kier molecular flexibility index (Phi) is 7.76. The number of hydrazine groups is 2. The summed E-state index contributed by atoms with van der Waals surface area (Å²) in [6.45, 7) is 7.11. The van der Waals surface area contributed by atoms with Crippen LogP contribution in [0.2, 0.25) is 5.02 Å². The molecule has 4 N–H and O–H groups in total. The lowest BCUT2D eigenvalue weighted by Gasteiger charge is -2.41. The number of amides is 2. The minimum Gasteiger partial charge on any atom is -0.349 e. The van der Waals surface area contributed by atoms with Crippen molar-refractivity contribution >= 4 is 40.6 Å². The molecule has 3 heterocycles.